The van der Waals surface area contributed by atoms with Gasteiger partial charge >= 0.3 is 0 Å². The minimum Gasteiger partial charge on any atom is -0.277 e. The molecule has 3 nitrogen and oxygen atoms in total. The fourth-order valence-corrected chi connectivity index (χ4v) is 1.04. The maximum absolute atomic E-state index is 10.9. The Hall–Kier alpha value is -0.830. The predicted molar refractivity (Wildman–Crippen MR) is 37.1 cm³/mol. The molecule has 1 aliphatic carbocycles. The minimum atomic E-state index is -0.0972. The topological polar surface area (TPSA) is 38.3 Å². The molecule has 0 aliphatic heterocycles. The Kier molecular flexibility index (Phi) is 2.45. The largest absolute Gasteiger partial charge is 0.277 e. The first-order valence-electron chi connectivity index (χ1n) is 3.37. The van der Waals surface area contributed by atoms with Crippen LogP contribution in [-0.2, 0) is 9.63 Å². The summed E-state index contributed by atoms with van der Waals surface area (Å²) in [6.45, 7) is 0. The van der Waals surface area contributed by atoms with E-state index in [-0.39, 0.29) is 5.91 Å². The van der Waals surface area contributed by atoms with E-state index in [1.165, 1.54) is 7.11 Å². The molecule has 0 aromatic heterocycles. The lowest BCUT2D eigenvalue weighted by atomic mass is 10.2. The van der Waals surface area contributed by atoms with Gasteiger partial charge in [-0.15, -0.1) is 0 Å². The number of hydrogen-bond acceptors (Lipinski definition) is 2. The van der Waals surface area contributed by atoms with Gasteiger partial charge < -0.3 is 0 Å². The molecule has 0 fully saturated rings. The quantitative estimate of drug-likeness (QED) is 0.577. The van der Waals surface area contributed by atoms with Crippen molar-refractivity contribution in [2.75, 3.05) is 7.11 Å². The number of nitrogens with one attached hydrogen (secondary N) is 1. The second-order valence-corrected chi connectivity index (χ2v) is 2.26. The molecule has 10 heavy (non-hydrogen) atoms. The van der Waals surface area contributed by atoms with E-state index in [4.69, 9.17) is 0 Å². The van der Waals surface area contributed by atoms with Crippen molar-refractivity contribution in [2.24, 2.45) is 0 Å². The average molecular weight is 141 g/mol. The predicted octanol–water partition coefficient (Wildman–Crippen LogP) is 0.774. The van der Waals surface area contributed by atoms with Crippen LogP contribution in [0.3, 0.4) is 0 Å². The number of carbonyl (C=O) groups excluding carboxylic acids is 1. The number of amides is 1. The lowest BCUT2D eigenvalue weighted by molar-refractivity contribution is -0.127. The van der Waals surface area contributed by atoms with Gasteiger partial charge in [0.25, 0.3) is 5.91 Å². The molecule has 0 spiro atoms. The van der Waals surface area contributed by atoms with Crippen LogP contribution >= 0.6 is 0 Å². The Morgan fingerprint density at radius 3 is 3.10 bits per heavy atom. The molecule has 1 amide bonds. The Balaban J connectivity index is 2.40. The lowest BCUT2D eigenvalue weighted by Crippen LogP contribution is -2.22. The van der Waals surface area contributed by atoms with Crippen LogP contribution < -0.4 is 5.48 Å². The zero-order chi connectivity index (χ0) is 7.40. The highest BCUT2D eigenvalue weighted by Crippen LogP contribution is 2.16. The monoisotopic (exact) mass is 141 g/mol. The Morgan fingerprint density at radius 2 is 2.60 bits per heavy atom. The summed E-state index contributed by atoms with van der Waals surface area (Å²) in [6, 6.07) is 0. The van der Waals surface area contributed by atoms with Gasteiger partial charge in [0.2, 0.25) is 0 Å². The maximum atomic E-state index is 10.9. The van der Waals surface area contributed by atoms with E-state index in [2.05, 4.69) is 10.3 Å². The van der Waals surface area contributed by atoms with Crippen molar-refractivity contribution in [3.05, 3.63) is 11.6 Å². The molecule has 1 aliphatic rings. The molecule has 0 aromatic rings. The molecule has 0 aromatic carbocycles. The van der Waals surface area contributed by atoms with Gasteiger partial charge in [0.1, 0.15) is 0 Å². The van der Waals surface area contributed by atoms with E-state index in [1.54, 1.807) is 0 Å². The van der Waals surface area contributed by atoms with Crippen LogP contribution in [-0.4, -0.2) is 13.0 Å². The lowest BCUT2D eigenvalue weighted by Gasteiger charge is -2.00. The zero-order valence-electron chi connectivity index (χ0n) is 6.02. The van der Waals surface area contributed by atoms with Crippen LogP contribution in [0.15, 0.2) is 11.6 Å². The van der Waals surface area contributed by atoms with Crippen molar-refractivity contribution < 1.29 is 9.63 Å². The molecule has 0 saturated carbocycles. The third kappa shape index (κ3) is 1.57. The summed E-state index contributed by atoms with van der Waals surface area (Å²) in [4.78, 5) is 15.4. The first kappa shape index (κ1) is 7.28. The highest BCUT2D eigenvalue weighted by atomic mass is 16.6. The van der Waals surface area contributed by atoms with Gasteiger partial charge in [-0.2, -0.15) is 0 Å². The van der Waals surface area contributed by atoms with Gasteiger partial charge in [0.15, 0.2) is 0 Å². The number of carbonyl (C=O) groups is 1. The summed E-state index contributed by atoms with van der Waals surface area (Å²) in [5, 5.41) is 0. The molecule has 0 radical (unpaired) electrons. The van der Waals surface area contributed by atoms with Crippen molar-refractivity contribution in [2.45, 2.75) is 19.3 Å². The number of hydroxylamine groups is 1. The Bertz CT molecular complexity index is 163. The van der Waals surface area contributed by atoms with Gasteiger partial charge in [0, 0.05) is 5.57 Å². The molecule has 0 atom stereocenters. The fraction of sp³-hybridized carbons (Fsp3) is 0.571. The van der Waals surface area contributed by atoms with Gasteiger partial charge in [0.05, 0.1) is 7.11 Å². The van der Waals surface area contributed by atoms with E-state index >= 15 is 0 Å². The molecule has 0 bridgehead atoms. The van der Waals surface area contributed by atoms with E-state index in [0.717, 1.165) is 24.8 Å². The standard InChI is InChI=1S/C7H11NO2/c1-10-8-7(9)6-4-2-3-5-6/h4H,2-3,5H2,1H3,(H,8,9). The van der Waals surface area contributed by atoms with Crippen molar-refractivity contribution in [3.63, 3.8) is 0 Å². The summed E-state index contributed by atoms with van der Waals surface area (Å²) in [5.74, 6) is -0.0972. The summed E-state index contributed by atoms with van der Waals surface area (Å²) in [7, 11) is 1.44. The van der Waals surface area contributed by atoms with Gasteiger partial charge in [-0.25, -0.2) is 5.48 Å². The first-order valence-corrected chi connectivity index (χ1v) is 3.37. The van der Waals surface area contributed by atoms with Gasteiger partial charge in [-0.1, -0.05) is 6.08 Å². The molecule has 1 N–H and O–H groups in total. The minimum absolute atomic E-state index is 0.0972. The van der Waals surface area contributed by atoms with Crippen LogP contribution in [0.25, 0.3) is 0 Å². The van der Waals surface area contributed by atoms with E-state index in [9.17, 15) is 4.79 Å². The molecular weight excluding hydrogens is 130 g/mol. The summed E-state index contributed by atoms with van der Waals surface area (Å²) in [5.41, 5.74) is 3.13. The van der Waals surface area contributed by atoms with Crippen molar-refractivity contribution >= 4 is 5.91 Å². The van der Waals surface area contributed by atoms with Crippen LogP contribution in [0.5, 0.6) is 0 Å². The van der Waals surface area contributed by atoms with Gasteiger partial charge in [-0.3, -0.25) is 9.63 Å². The van der Waals surface area contributed by atoms with Crippen molar-refractivity contribution in [1.29, 1.82) is 0 Å². The SMILES string of the molecule is CONC(=O)C1=CCCC1. The van der Waals surface area contributed by atoms with Crippen molar-refractivity contribution in [1.82, 2.24) is 5.48 Å². The molecule has 3 heteroatoms. The van der Waals surface area contributed by atoms with E-state index in [1.807, 2.05) is 6.08 Å². The number of rotatable bonds is 2. The van der Waals surface area contributed by atoms with Crippen LogP contribution in [0.2, 0.25) is 0 Å². The Labute approximate surface area is 60.0 Å². The third-order valence-electron chi connectivity index (χ3n) is 1.53. The second kappa shape index (κ2) is 3.37. The molecule has 0 unspecified atom stereocenters. The van der Waals surface area contributed by atoms with Gasteiger partial charge in [-0.05, 0) is 19.3 Å². The second-order valence-electron chi connectivity index (χ2n) is 2.26. The van der Waals surface area contributed by atoms with Crippen LogP contribution in [0.1, 0.15) is 19.3 Å². The van der Waals surface area contributed by atoms with E-state index in [0.29, 0.717) is 0 Å². The third-order valence-corrected chi connectivity index (χ3v) is 1.53. The zero-order valence-corrected chi connectivity index (χ0v) is 6.02. The summed E-state index contributed by atoms with van der Waals surface area (Å²) in [6.07, 6.45) is 4.95. The van der Waals surface area contributed by atoms with Crippen LogP contribution in [0.4, 0.5) is 0 Å². The molecular formula is C7H11NO2. The maximum Gasteiger partial charge on any atom is 0.270 e. The summed E-state index contributed by atoms with van der Waals surface area (Å²) < 4.78 is 0. The van der Waals surface area contributed by atoms with E-state index < -0.39 is 0 Å². The molecule has 0 heterocycles. The number of allylic oxidation sites excluding steroid dienone is 1. The van der Waals surface area contributed by atoms with Crippen molar-refractivity contribution in [3.8, 4) is 0 Å². The fourth-order valence-electron chi connectivity index (χ4n) is 1.04. The highest BCUT2D eigenvalue weighted by molar-refractivity contribution is 5.92. The normalized spacial score (nSPS) is 16.7. The average Bonchev–Trinajstić information content (AvgIpc) is 2.38. The molecule has 1 rings (SSSR count). The molecule has 0 saturated heterocycles. The smallest absolute Gasteiger partial charge is 0.270 e. The summed E-state index contributed by atoms with van der Waals surface area (Å²) >= 11 is 0. The van der Waals surface area contributed by atoms with Crippen LogP contribution in [0, 0.1) is 0 Å². The first-order chi connectivity index (χ1) is 4.84. The molecule has 56 valence electrons. The number of hydrogen-bond donors (Lipinski definition) is 1. The highest BCUT2D eigenvalue weighted by Gasteiger charge is 2.11. The Morgan fingerprint density at radius 1 is 1.80 bits per heavy atom.